The van der Waals surface area contributed by atoms with Gasteiger partial charge in [0.05, 0.1) is 11.9 Å². The zero-order chi connectivity index (χ0) is 25.1. The summed E-state index contributed by atoms with van der Waals surface area (Å²) in [6, 6.07) is 14.7. The third-order valence-corrected chi connectivity index (χ3v) is 5.19. The Labute approximate surface area is 236 Å². The summed E-state index contributed by atoms with van der Waals surface area (Å²) in [6.07, 6.45) is -6.82. The van der Waals surface area contributed by atoms with Crippen molar-refractivity contribution < 1.29 is 40.2 Å². The van der Waals surface area contributed by atoms with Gasteiger partial charge in [-0.3, -0.25) is 4.98 Å². The summed E-state index contributed by atoms with van der Waals surface area (Å²) in [5.74, 6) is -3.86. The number of aliphatic hydroxyl groups excluding tert-OH is 4. The van der Waals surface area contributed by atoms with Gasteiger partial charge in [-0.05, 0) is 56.9 Å². The predicted molar refractivity (Wildman–Crippen MR) is 123 cm³/mol. The van der Waals surface area contributed by atoms with Gasteiger partial charge in [-0.15, -0.1) is 0 Å². The number of benzene rings is 1. The van der Waals surface area contributed by atoms with Crippen LogP contribution in [0.2, 0.25) is 0 Å². The zero-order valence-corrected chi connectivity index (χ0v) is 22.6. The van der Waals surface area contributed by atoms with Gasteiger partial charge in [0, 0.05) is 22.3 Å². The average Bonchev–Trinajstić information content (AvgIpc) is 2.79. The summed E-state index contributed by atoms with van der Waals surface area (Å²) in [5, 5.41) is 54.7. The molecule has 5 atom stereocenters. The molecule has 0 bridgehead atoms. The van der Waals surface area contributed by atoms with Crippen LogP contribution in [0.4, 0.5) is 0 Å². The Bertz CT molecular complexity index is 849. The van der Waals surface area contributed by atoms with Gasteiger partial charge >= 0.3 is 37.7 Å². The first-order valence-corrected chi connectivity index (χ1v) is 10.7. The molecule has 34 heavy (non-hydrogen) atoms. The second kappa shape index (κ2) is 16.5. The Morgan fingerprint density at radius 2 is 1.44 bits per heavy atom. The van der Waals surface area contributed by atoms with E-state index < -0.39 is 36.4 Å². The van der Waals surface area contributed by atoms with Crippen LogP contribution < -0.4 is 10.2 Å². The van der Waals surface area contributed by atoms with Crippen molar-refractivity contribution in [2.45, 2.75) is 36.8 Å². The van der Waals surface area contributed by atoms with E-state index in [1.165, 1.54) is 5.56 Å². The first kappa shape index (κ1) is 32.8. The molecule has 0 amide bonds. The fourth-order valence-corrected chi connectivity index (χ4v) is 3.07. The largest absolute Gasteiger partial charge is 2.00 e. The van der Waals surface area contributed by atoms with Gasteiger partial charge in [-0.2, -0.15) is 0 Å². The number of hydrogen-bond donors (Lipinski definition) is 4. The van der Waals surface area contributed by atoms with Crippen LogP contribution in [-0.2, 0) is 9.59 Å². The molecule has 0 fully saturated rings. The monoisotopic (exact) mass is 566 g/mol. The molecule has 1 aromatic carbocycles. The molecule has 0 saturated heterocycles. The molecule has 1 aromatic heterocycles. The van der Waals surface area contributed by atoms with E-state index in [1.54, 1.807) is 0 Å². The number of aromatic nitrogens is 1. The number of hydrogen-bond acceptors (Lipinski definition) is 10. The number of carboxylic acid groups (broad SMARTS) is 2. The second-order valence-electron chi connectivity index (χ2n) is 7.46. The molecule has 0 radical (unpaired) electrons. The minimum absolute atomic E-state index is 0. The van der Waals surface area contributed by atoms with Crippen LogP contribution in [0.5, 0.6) is 0 Å². The molecule has 0 aliphatic rings. The summed E-state index contributed by atoms with van der Waals surface area (Å²) < 4.78 is 1.11. The maximum absolute atomic E-state index is 9.96. The Kier molecular flexibility index (Phi) is 16.0. The molecule has 10 nitrogen and oxygen atoms in total. The number of aliphatic carboxylic acids is 2. The Hall–Kier alpha value is -1.15. The average molecular weight is 567 g/mol. The number of carboxylic acids is 2. The number of carbonyl (C=O) groups is 2. The van der Waals surface area contributed by atoms with Crippen LogP contribution >= 0.6 is 15.9 Å². The number of carbonyl (C=O) groups excluding carboxylic acids is 2. The van der Waals surface area contributed by atoms with Crippen molar-refractivity contribution in [3.05, 3.63) is 64.4 Å². The van der Waals surface area contributed by atoms with Crippen molar-refractivity contribution >= 4 is 65.6 Å². The Morgan fingerprint density at radius 3 is 1.82 bits per heavy atom. The molecular weight excluding hydrogens is 540 g/mol. The van der Waals surface area contributed by atoms with Crippen molar-refractivity contribution in [3.63, 3.8) is 0 Å². The summed E-state index contributed by atoms with van der Waals surface area (Å²) in [6.45, 7) is 1.05. The van der Waals surface area contributed by atoms with E-state index in [9.17, 15) is 19.8 Å². The normalized spacial score (nSPS) is 15.1. The SMILES string of the molecule is CN(C)CCC(c1ccc(Br)cc1)c1ccccn1.O=C([O-])[C@@H](O)[C@@H](O)[C@H](O)[C@@H](O)C(=O)[O-].[Ca+2]. The summed E-state index contributed by atoms with van der Waals surface area (Å²) >= 11 is 3.49. The number of pyridine rings is 1. The number of aliphatic hydroxyl groups is 4. The van der Waals surface area contributed by atoms with Gasteiger partial charge < -0.3 is 45.1 Å². The summed E-state index contributed by atoms with van der Waals surface area (Å²) in [4.78, 5) is 26.7. The maximum atomic E-state index is 9.96. The van der Waals surface area contributed by atoms with Crippen molar-refractivity contribution in [2.75, 3.05) is 20.6 Å². The molecule has 4 N–H and O–H groups in total. The summed E-state index contributed by atoms with van der Waals surface area (Å²) in [7, 11) is 4.22. The first-order valence-electron chi connectivity index (χ1n) is 9.90. The van der Waals surface area contributed by atoms with Crippen molar-refractivity contribution in [1.29, 1.82) is 0 Å². The van der Waals surface area contributed by atoms with E-state index in [0.717, 1.165) is 23.1 Å². The van der Waals surface area contributed by atoms with Crippen molar-refractivity contribution in [1.82, 2.24) is 9.88 Å². The molecule has 12 heteroatoms. The Balaban J connectivity index is 0.000000654. The van der Waals surface area contributed by atoms with Crippen LogP contribution in [-0.4, -0.2) is 125 Å². The maximum Gasteiger partial charge on any atom is 2.00 e. The summed E-state index contributed by atoms with van der Waals surface area (Å²) in [5.41, 5.74) is 2.47. The molecule has 2 aromatic rings. The first-order chi connectivity index (χ1) is 15.5. The molecule has 0 saturated carbocycles. The van der Waals surface area contributed by atoms with Gasteiger partial charge in [-0.1, -0.05) is 34.1 Å². The van der Waals surface area contributed by atoms with Gasteiger partial charge in [0.2, 0.25) is 0 Å². The van der Waals surface area contributed by atoms with Gasteiger partial charge in [-0.25, -0.2) is 0 Å². The molecule has 2 rings (SSSR count). The van der Waals surface area contributed by atoms with Gasteiger partial charge in [0.15, 0.2) is 0 Å². The van der Waals surface area contributed by atoms with E-state index in [2.05, 4.69) is 76.3 Å². The zero-order valence-electron chi connectivity index (χ0n) is 18.8. The Morgan fingerprint density at radius 1 is 0.941 bits per heavy atom. The standard InChI is InChI=1S/C16H19BrN2.C6H10O8.Ca/c1-19(2)12-10-15(16-5-3-4-11-18-16)13-6-8-14(17)9-7-13;7-1(3(9)5(11)12)2(8)4(10)6(13)14;/h3-9,11,15H,10,12H2,1-2H3;1-4,7-10H,(H,11,12)(H,13,14);/q;;+2/p-2/t;1-,2-,3-,4+;/m.0./s1. The van der Waals surface area contributed by atoms with E-state index >= 15 is 0 Å². The van der Waals surface area contributed by atoms with Crippen LogP contribution in [0.1, 0.15) is 23.6 Å². The van der Waals surface area contributed by atoms with Crippen LogP contribution in [0, 0.1) is 0 Å². The van der Waals surface area contributed by atoms with Crippen LogP contribution in [0.3, 0.4) is 0 Å². The topological polar surface area (TPSA) is 177 Å². The number of rotatable bonds is 10. The van der Waals surface area contributed by atoms with Crippen LogP contribution in [0.25, 0.3) is 0 Å². The molecule has 0 aliphatic carbocycles. The molecular formula is C22H27BrCaN2O8. The number of nitrogens with zero attached hydrogens (tertiary/aromatic N) is 2. The van der Waals surface area contributed by atoms with E-state index in [0.29, 0.717) is 5.92 Å². The smallest absolute Gasteiger partial charge is 0.547 e. The second-order valence-corrected chi connectivity index (χ2v) is 8.38. The minimum Gasteiger partial charge on any atom is -0.547 e. The minimum atomic E-state index is -2.50. The fraction of sp³-hybridized carbons (Fsp3) is 0.409. The van der Waals surface area contributed by atoms with Crippen molar-refractivity contribution in [2.24, 2.45) is 0 Å². The quantitative estimate of drug-likeness (QED) is 0.224. The molecule has 0 spiro atoms. The number of halogens is 1. The predicted octanol–water partition coefficient (Wildman–Crippen LogP) is -2.52. The van der Waals surface area contributed by atoms with Gasteiger partial charge in [0.1, 0.15) is 24.4 Å². The van der Waals surface area contributed by atoms with Crippen molar-refractivity contribution in [3.8, 4) is 0 Å². The third kappa shape index (κ3) is 11.1. The fourth-order valence-electron chi connectivity index (χ4n) is 2.80. The van der Waals surface area contributed by atoms with E-state index in [1.807, 2.05) is 12.3 Å². The third-order valence-electron chi connectivity index (χ3n) is 4.66. The molecule has 1 unspecified atom stereocenters. The molecule has 0 aliphatic heterocycles. The van der Waals surface area contributed by atoms with Gasteiger partial charge in [0.25, 0.3) is 0 Å². The van der Waals surface area contributed by atoms with Crippen LogP contribution in [0.15, 0.2) is 53.1 Å². The molecule has 1 heterocycles. The molecule has 182 valence electrons. The van der Waals surface area contributed by atoms with E-state index in [-0.39, 0.29) is 37.7 Å². The van der Waals surface area contributed by atoms with E-state index in [4.69, 9.17) is 20.4 Å².